The number of hydrogen-bond donors (Lipinski definition) is 6. The zero-order valence-corrected chi connectivity index (χ0v) is 31.0. The smallest absolute Gasteiger partial charge is 0.744 e. The predicted octanol–water partition coefficient (Wildman–Crippen LogP) is -2.56. The normalized spacial score (nSPS) is 10.2. The quantitative estimate of drug-likeness (QED) is 0.0413. The summed E-state index contributed by atoms with van der Waals surface area (Å²) in [6.07, 6.45) is 3.06. The van der Waals surface area contributed by atoms with Crippen molar-refractivity contribution in [2.45, 2.75) is 9.79 Å². The van der Waals surface area contributed by atoms with E-state index < -0.39 is 65.1 Å². The van der Waals surface area contributed by atoms with E-state index in [2.05, 4.69) is 31.0 Å². The molecule has 4 amide bonds. The maximum absolute atomic E-state index is 10.9. The van der Waals surface area contributed by atoms with Crippen LogP contribution in [0.3, 0.4) is 0 Å². The number of aromatic nitrogens is 2. The third-order valence-corrected chi connectivity index (χ3v) is 7.19. The van der Waals surface area contributed by atoms with Gasteiger partial charge in [-0.15, -0.1) is 0 Å². The Labute approximate surface area is 333 Å². The van der Waals surface area contributed by atoms with E-state index in [1.54, 1.807) is 36.4 Å². The summed E-state index contributed by atoms with van der Waals surface area (Å²) >= 11 is 0. The van der Waals surface area contributed by atoms with Crippen LogP contribution in [0.5, 0.6) is 0 Å². The van der Waals surface area contributed by atoms with E-state index in [4.69, 9.17) is 33.5 Å². The van der Waals surface area contributed by atoms with E-state index in [1.165, 1.54) is 60.9 Å². The van der Waals surface area contributed by atoms with Crippen LogP contribution in [-0.2, 0) is 46.9 Å². The molecule has 27 heteroatoms. The van der Waals surface area contributed by atoms with Crippen molar-refractivity contribution in [1.29, 1.82) is 10.5 Å². The molecule has 0 bridgehead atoms. The maximum Gasteiger partial charge on any atom is 2.00 e. The van der Waals surface area contributed by atoms with Gasteiger partial charge >= 0.3 is 17.1 Å². The molecule has 305 valence electrons. The summed E-state index contributed by atoms with van der Waals surface area (Å²) in [4.78, 5) is 48.4. The van der Waals surface area contributed by atoms with Crippen LogP contribution in [0.4, 0.5) is 11.4 Å². The minimum absolute atomic E-state index is 0. The van der Waals surface area contributed by atoms with Crippen molar-refractivity contribution < 1.29 is 73.1 Å². The molecule has 4 aromatic rings. The van der Waals surface area contributed by atoms with E-state index in [0.717, 1.165) is 12.1 Å². The van der Waals surface area contributed by atoms with Gasteiger partial charge in [-0.3, -0.25) is 40.0 Å². The predicted molar refractivity (Wildman–Crippen MR) is 193 cm³/mol. The largest absolute Gasteiger partial charge is 2.00 e. The molecule has 0 unspecified atom stereocenters. The van der Waals surface area contributed by atoms with Crippen molar-refractivity contribution in [2.24, 2.45) is 33.1 Å². The number of pyridine rings is 2. The Morgan fingerprint density at radius 2 is 0.877 bits per heavy atom. The van der Waals surface area contributed by atoms with Crippen molar-refractivity contribution in [3.8, 4) is 12.1 Å². The van der Waals surface area contributed by atoms with Crippen molar-refractivity contribution in [1.82, 2.24) is 9.97 Å². The Kier molecular flexibility index (Phi) is 25.2. The molecule has 0 saturated heterocycles. The summed E-state index contributed by atoms with van der Waals surface area (Å²) in [5.74, 6) is -3.13. The average Bonchev–Trinajstić information content (AvgIpc) is 3.13. The number of nitrogens with two attached hydrogens (primary N) is 4. The fourth-order valence-electron chi connectivity index (χ4n) is 3.07. The summed E-state index contributed by atoms with van der Waals surface area (Å²) in [6, 6.07) is 23.1. The number of para-hydroxylation sites is 2. The molecule has 2 aromatic heterocycles. The molecule has 0 spiro atoms. The number of nitriles is 2. The molecule has 0 aliphatic heterocycles. The van der Waals surface area contributed by atoms with Gasteiger partial charge in [0.15, 0.2) is 0 Å². The van der Waals surface area contributed by atoms with E-state index in [0.29, 0.717) is 11.4 Å². The zero-order valence-electron chi connectivity index (χ0n) is 28.4. The molecule has 2 aromatic carbocycles. The van der Waals surface area contributed by atoms with Crippen LogP contribution in [0.1, 0.15) is 21.0 Å². The van der Waals surface area contributed by atoms with Crippen molar-refractivity contribution in [3.05, 3.63) is 109 Å². The molecule has 0 saturated carbocycles. The number of rotatable bonds is 10. The molecule has 1 radical (unpaired) electrons. The average molecular weight is 878 g/mol. The molecule has 0 aliphatic rings. The van der Waals surface area contributed by atoms with Crippen LogP contribution in [-0.4, -0.2) is 81.9 Å². The molecule has 24 nitrogen and oxygen atoms in total. The second-order valence-electron chi connectivity index (χ2n) is 9.16. The van der Waals surface area contributed by atoms with Gasteiger partial charge in [0.25, 0.3) is 23.6 Å². The maximum atomic E-state index is 10.9. The topological polar surface area (TPSA) is 472 Å². The minimum Gasteiger partial charge on any atom is -0.744 e. The Balaban J connectivity index is -0.000000701. The monoisotopic (exact) mass is 877 g/mol. The van der Waals surface area contributed by atoms with Gasteiger partial charge < -0.3 is 43.0 Å². The van der Waals surface area contributed by atoms with Crippen LogP contribution >= 0.6 is 0 Å². The van der Waals surface area contributed by atoms with Gasteiger partial charge in [0.1, 0.15) is 43.8 Å². The number of amides is 4. The van der Waals surface area contributed by atoms with Gasteiger partial charge in [-0.05, 0) is 48.5 Å². The molecule has 14 N–H and O–H groups in total. The van der Waals surface area contributed by atoms with Crippen LogP contribution in [0.15, 0.2) is 117 Å². The van der Waals surface area contributed by atoms with Gasteiger partial charge in [0.2, 0.25) is 11.4 Å². The van der Waals surface area contributed by atoms with E-state index in [-0.39, 0.29) is 39.4 Å². The van der Waals surface area contributed by atoms with Crippen LogP contribution in [0.2, 0.25) is 0 Å². The zero-order chi connectivity index (χ0) is 40.9. The molecule has 0 aliphatic carbocycles. The molecule has 0 atom stereocenters. The Bertz CT molecular complexity index is 2170. The number of primary amides is 4. The Hall–Kier alpha value is -7.20. The Morgan fingerprint density at radius 3 is 1.09 bits per heavy atom. The van der Waals surface area contributed by atoms with Gasteiger partial charge in [0, 0.05) is 12.4 Å². The number of hydrogen-bond acceptors (Lipinski definition) is 18. The molecular weight excluding hydrogens is 848 g/mol. The number of hydrazone groups is 2. The van der Waals surface area contributed by atoms with Crippen molar-refractivity contribution in [2.75, 3.05) is 10.9 Å². The fraction of sp³-hybridized carbons (Fsp3) is 0. The van der Waals surface area contributed by atoms with Crippen LogP contribution in [0.25, 0.3) is 0 Å². The van der Waals surface area contributed by atoms with Crippen molar-refractivity contribution in [3.63, 3.8) is 0 Å². The van der Waals surface area contributed by atoms with E-state index in [1.807, 2.05) is 0 Å². The summed E-state index contributed by atoms with van der Waals surface area (Å²) in [5, 5.41) is 23.6. The number of anilines is 2. The molecule has 0 fully saturated rings. The standard InChI is InChI=1S/2C9H8N4O4S.2C6H6N2O.Cu.2H2O/c2*10-5-7(9(11)14)13-12-6-3-1-2-4-8(6)18(15,16)17;2*7-6(9)5-3-1-2-4-8-5;;;/h2*1-4,12H,(H2,11,14)(H,15,16,17);2*1-4H,(H2,7,9);;2*1H2/q;;;;+2;;/p-2/b2*13-7-;;;;;. The SMILES string of the molecule is N#C/C(=N/Nc1ccccc1S(=O)(=O)[O-])C(N)=O.N#C/C(=N/Nc1ccccc1S(=O)(=O)[O-])C(N)=O.NC(=O)c1ccccn1.NC(=O)c1ccccn1.O.O.[Cu+2]. The third kappa shape index (κ3) is 20.2. The third-order valence-electron chi connectivity index (χ3n) is 5.40. The summed E-state index contributed by atoms with van der Waals surface area (Å²) in [6.45, 7) is 0. The van der Waals surface area contributed by atoms with Gasteiger partial charge in [-0.1, -0.05) is 36.4 Å². The number of carbonyl (C=O) groups is 4. The number of carbonyl (C=O) groups excluding carboxylic acids is 4. The summed E-state index contributed by atoms with van der Waals surface area (Å²) in [7, 11) is -9.38. The van der Waals surface area contributed by atoms with Gasteiger partial charge in [0.05, 0.1) is 21.2 Å². The van der Waals surface area contributed by atoms with E-state index in [9.17, 15) is 45.1 Å². The van der Waals surface area contributed by atoms with Crippen molar-refractivity contribution >= 4 is 66.7 Å². The first-order valence-corrected chi connectivity index (χ1v) is 16.7. The Morgan fingerprint density at radius 1 is 0.579 bits per heavy atom. The van der Waals surface area contributed by atoms with Crippen LogP contribution < -0.4 is 33.8 Å². The number of nitrogens with one attached hydrogen (secondary N) is 2. The summed E-state index contributed by atoms with van der Waals surface area (Å²) in [5.41, 5.74) is 22.8. The van der Waals surface area contributed by atoms with Gasteiger partial charge in [-0.25, -0.2) is 16.8 Å². The first-order valence-electron chi connectivity index (χ1n) is 13.9. The molecule has 4 rings (SSSR count). The number of benzene rings is 2. The second-order valence-corrected chi connectivity index (χ2v) is 11.9. The van der Waals surface area contributed by atoms with Crippen LogP contribution in [0, 0.1) is 22.7 Å². The molecule has 2 heterocycles. The van der Waals surface area contributed by atoms with Gasteiger partial charge in [-0.2, -0.15) is 20.7 Å². The summed E-state index contributed by atoms with van der Waals surface area (Å²) < 4.78 is 65.4. The second kappa shape index (κ2) is 26.6. The minimum atomic E-state index is -4.69. The fourth-order valence-corrected chi connectivity index (χ4v) is 4.33. The molecule has 57 heavy (non-hydrogen) atoms. The first-order chi connectivity index (χ1) is 25.3. The molecular formula is C30H30CuN12O12S2. The first kappa shape index (κ1) is 54.1. The number of nitrogens with zero attached hydrogens (tertiary/aromatic N) is 6. The van der Waals surface area contributed by atoms with E-state index >= 15 is 0 Å².